The average Bonchev–Trinajstić information content (AvgIpc) is 2.52. The first-order valence-corrected chi connectivity index (χ1v) is 7.27. The third-order valence-electron chi connectivity index (χ3n) is 3.90. The molecule has 5 heteroatoms. The van der Waals surface area contributed by atoms with E-state index in [2.05, 4.69) is 0 Å². The number of hydrogen-bond acceptors (Lipinski definition) is 4. The van der Waals surface area contributed by atoms with Crippen molar-refractivity contribution in [3.8, 4) is 17.2 Å². The molecule has 1 aliphatic rings. The van der Waals surface area contributed by atoms with Gasteiger partial charge < -0.3 is 19.3 Å². The SMILES string of the molecule is COc1cc(C(=O)O)cc(OC)c1OCC1CCCCC1. The zero-order valence-electron chi connectivity index (χ0n) is 12.6. The van der Waals surface area contributed by atoms with Crippen LogP contribution in [0.15, 0.2) is 12.1 Å². The van der Waals surface area contributed by atoms with Gasteiger partial charge in [-0.1, -0.05) is 19.3 Å². The first-order chi connectivity index (χ1) is 10.2. The summed E-state index contributed by atoms with van der Waals surface area (Å²) < 4.78 is 16.4. The summed E-state index contributed by atoms with van der Waals surface area (Å²) in [6.07, 6.45) is 6.16. The van der Waals surface area contributed by atoms with Gasteiger partial charge in [-0.05, 0) is 30.9 Å². The van der Waals surface area contributed by atoms with Gasteiger partial charge in [-0.25, -0.2) is 4.79 Å². The lowest BCUT2D eigenvalue weighted by Crippen LogP contribution is -2.16. The number of carboxylic acids is 1. The van der Waals surface area contributed by atoms with Crippen molar-refractivity contribution in [2.75, 3.05) is 20.8 Å². The molecule has 116 valence electrons. The van der Waals surface area contributed by atoms with E-state index in [-0.39, 0.29) is 5.56 Å². The van der Waals surface area contributed by atoms with Crippen LogP contribution in [0.4, 0.5) is 0 Å². The molecule has 0 aromatic heterocycles. The van der Waals surface area contributed by atoms with Crippen LogP contribution in [0.1, 0.15) is 42.5 Å². The minimum absolute atomic E-state index is 0.119. The molecular weight excluding hydrogens is 272 g/mol. The Morgan fingerprint density at radius 3 is 2.19 bits per heavy atom. The van der Waals surface area contributed by atoms with Crippen LogP contribution in [0.25, 0.3) is 0 Å². The minimum atomic E-state index is -1.02. The highest BCUT2D eigenvalue weighted by Crippen LogP contribution is 2.39. The molecule has 0 atom stereocenters. The van der Waals surface area contributed by atoms with Crippen LogP contribution in [-0.2, 0) is 0 Å². The number of ether oxygens (including phenoxy) is 3. The standard InChI is InChI=1S/C16H22O5/c1-19-13-8-12(16(17)18)9-14(20-2)15(13)21-10-11-6-4-3-5-7-11/h8-9,11H,3-7,10H2,1-2H3,(H,17,18). The molecule has 1 fully saturated rings. The molecule has 1 saturated carbocycles. The molecule has 5 nitrogen and oxygen atoms in total. The van der Waals surface area contributed by atoms with E-state index in [1.165, 1.54) is 58.5 Å². The van der Waals surface area contributed by atoms with Crippen molar-refractivity contribution in [2.24, 2.45) is 5.92 Å². The summed E-state index contributed by atoms with van der Waals surface area (Å²) in [4.78, 5) is 11.1. The third kappa shape index (κ3) is 3.80. The maximum Gasteiger partial charge on any atom is 0.335 e. The van der Waals surface area contributed by atoms with Gasteiger partial charge in [0.2, 0.25) is 5.75 Å². The van der Waals surface area contributed by atoms with Gasteiger partial charge in [0.05, 0.1) is 26.4 Å². The molecule has 0 spiro atoms. The molecule has 21 heavy (non-hydrogen) atoms. The van der Waals surface area contributed by atoms with Crippen molar-refractivity contribution >= 4 is 5.97 Å². The van der Waals surface area contributed by atoms with Gasteiger partial charge in [0.25, 0.3) is 0 Å². The van der Waals surface area contributed by atoms with Gasteiger partial charge in [-0.15, -0.1) is 0 Å². The van der Waals surface area contributed by atoms with Crippen molar-refractivity contribution in [3.05, 3.63) is 17.7 Å². The zero-order chi connectivity index (χ0) is 15.2. The van der Waals surface area contributed by atoms with Gasteiger partial charge in [-0.3, -0.25) is 0 Å². The normalized spacial score (nSPS) is 15.5. The second-order valence-electron chi connectivity index (χ2n) is 5.33. The van der Waals surface area contributed by atoms with Crippen LogP contribution < -0.4 is 14.2 Å². The van der Waals surface area contributed by atoms with E-state index in [1.54, 1.807) is 0 Å². The minimum Gasteiger partial charge on any atom is -0.493 e. The monoisotopic (exact) mass is 294 g/mol. The zero-order valence-corrected chi connectivity index (χ0v) is 12.6. The fourth-order valence-corrected chi connectivity index (χ4v) is 2.70. The Hall–Kier alpha value is -1.91. The third-order valence-corrected chi connectivity index (χ3v) is 3.90. The summed E-state index contributed by atoms with van der Waals surface area (Å²) in [6.45, 7) is 0.610. The maximum absolute atomic E-state index is 11.1. The number of hydrogen-bond donors (Lipinski definition) is 1. The largest absolute Gasteiger partial charge is 0.493 e. The topological polar surface area (TPSA) is 65.0 Å². The molecule has 0 heterocycles. The fourth-order valence-electron chi connectivity index (χ4n) is 2.70. The first kappa shape index (κ1) is 15.5. The van der Waals surface area contributed by atoms with E-state index < -0.39 is 5.97 Å². The first-order valence-electron chi connectivity index (χ1n) is 7.27. The summed E-state index contributed by atoms with van der Waals surface area (Å²) in [6, 6.07) is 2.92. The van der Waals surface area contributed by atoms with Gasteiger partial charge in [-0.2, -0.15) is 0 Å². The molecule has 0 bridgehead atoms. The molecule has 0 aliphatic heterocycles. The number of benzene rings is 1. The summed E-state index contributed by atoms with van der Waals surface area (Å²) in [5.74, 6) is 0.790. The van der Waals surface area contributed by atoms with Gasteiger partial charge in [0.15, 0.2) is 11.5 Å². The Labute approximate surface area is 124 Å². The van der Waals surface area contributed by atoms with Crippen molar-refractivity contribution in [3.63, 3.8) is 0 Å². The van der Waals surface area contributed by atoms with Crippen molar-refractivity contribution in [1.82, 2.24) is 0 Å². The molecule has 1 aliphatic carbocycles. The molecule has 2 rings (SSSR count). The molecule has 0 radical (unpaired) electrons. The number of rotatable bonds is 6. The molecule has 1 aromatic rings. The van der Waals surface area contributed by atoms with Crippen LogP contribution in [0, 0.1) is 5.92 Å². The van der Waals surface area contributed by atoms with Crippen LogP contribution in [0.2, 0.25) is 0 Å². The number of carbonyl (C=O) groups is 1. The van der Waals surface area contributed by atoms with E-state index in [9.17, 15) is 4.79 Å². The van der Waals surface area contributed by atoms with E-state index >= 15 is 0 Å². The molecule has 0 amide bonds. The molecular formula is C16H22O5. The van der Waals surface area contributed by atoms with E-state index in [0.717, 1.165) is 0 Å². The van der Waals surface area contributed by atoms with Crippen LogP contribution in [-0.4, -0.2) is 31.9 Å². The van der Waals surface area contributed by atoms with Crippen molar-refractivity contribution in [2.45, 2.75) is 32.1 Å². The highest BCUT2D eigenvalue weighted by Gasteiger charge is 2.20. The quantitative estimate of drug-likeness (QED) is 0.871. The smallest absolute Gasteiger partial charge is 0.335 e. The predicted molar refractivity (Wildman–Crippen MR) is 78.6 cm³/mol. The van der Waals surface area contributed by atoms with Gasteiger partial charge >= 0.3 is 5.97 Å². The second kappa shape index (κ2) is 7.20. The average molecular weight is 294 g/mol. The predicted octanol–water partition coefficient (Wildman–Crippen LogP) is 3.36. The lowest BCUT2D eigenvalue weighted by Gasteiger charge is -2.23. The van der Waals surface area contributed by atoms with E-state index in [4.69, 9.17) is 19.3 Å². The van der Waals surface area contributed by atoms with Gasteiger partial charge in [0.1, 0.15) is 0 Å². The highest BCUT2D eigenvalue weighted by molar-refractivity contribution is 5.89. The lowest BCUT2D eigenvalue weighted by atomic mass is 9.90. The molecule has 0 unspecified atom stereocenters. The van der Waals surface area contributed by atoms with Crippen LogP contribution in [0.3, 0.4) is 0 Å². The second-order valence-corrected chi connectivity index (χ2v) is 5.33. The Bertz CT molecular complexity index is 466. The number of aromatic carboxylic acids is 1. The number of methoxy groups -OCH3 is 2. The highest BCUT2D eigenvalue weighted by atomic mass is 16.5. The summed E-state index contributed by atoms with van der Waals surface area (Å²) in [7, 11) is 2.99. The Kier molecular flexibility index (Phi) is 5.31. The lowest BCUT2D eigenvalue weighted by molar-refractivity contribution is 0.0696. The van der Waals surface area contributed by atoms with Crippen LogP contribution in [0.5, 0.6) is 17.2 Å². The number of carboxylic acid groups (broad SMARTS) is 1. The summed E-state index contributed by atoms with van der Waals surface area (Å²) in [5.41, 5.74) is 0.119. The summed E-state index contributed by atoms with van der Waals surface area (Å²) >= 11 is 0. The Morgan fingerprint density at radius 2 is 1.71 bits per heavy atom. The fraction of sp³-hybridized carbons (Fsp3) is 0.562. The van der Waals surface area contributed by atoms with E-state index in [1.807, 2.05) is 0 Å². The van der Waals surface area contributed by atoms with Crippen molar-refractivity contribution < 1.29 is 24.1 Å². The Balaban J connectivity index is 2.17. The summed E-state index contributed by atoms with van der Waals surface area (Å²) in [5, 5.41) is 9.10. The maximum atomic E-state index is 11.1. The van der Waals surface area contributed by atoms with Crippen molar-refractivity contribution in [1.29, 1.82) is 0 Å². The van der Waals surface area contributed by atoms with Crippen LogP contribution >= 0.6 is 0 Å². The van der Waals surface area contributed by atoms with E-state index in [0.29, 0.717) is 29.8 Å². The molecule has 0 saturated heterocycles. The van der Waals surface area contributed by atoms with Gasteiger partial charge in [0, 0.05) is 0 Å². The molecule has 1 aromatic carbocycles. The Morgan fingerprint density at radius 1 is 1.14 bits per heavy atom. The molecule has 1 N–H and O–H groups in total.